The van der Waals surface area contributed by atoms with E-state index < -0.39 is 34.3 Å². The summed E-state index contributed by atoms with van der Waals surface area (Å²) in [6.45, 7) is 3.99. The molecule has 4 aliphatic rings. The van der Waals surface area contributed by atoms with Gasteiger partial charge in [0, 0.05) is 22.3 Å². The van der Waals surface area contributed by atoms with Crippen LogP contribution in [0.15, 0.2) is 54.1 Å². The van der Waals surface area contributed by atoms with E-state index in [0.717, 1.165) is 18.4 Å². The molecule has 3 saturated carbocycles. The van der Waals surface area contributed by atoms with Gasteiger partial charge in [-0.2, -0.15) is 0 Å². The molecule has 3 N–H and O–H groups in total. The van der Waals surface area contributed by atoms with E-state index in [1.165, 1.54) is 0 Å². The van der Waals surface area contributed by atoms with E-state index in [9.17, 15) is 24.6 Å². The van der Waals surface area contributed by atoms with Gasteiger partial charge in [-0.25, -0.2) is 0 Å². The molecule has 1 aromatic carbocycles. The first-order chi connectivity index (χ1) is 15.6. The molecule has 5 rings (SSSR count). The summed E-state index contributed by atoms with van der Waals surface area (Å²) in [7, 11) is 0. The van der Waals surface area contributed by atoms with Gasteiger partial charge in [0.25, 0.3) is 11.8 Å². The lowest BCUT2D eigenvalue weighted by atomic mass is 9.46. The van der Waals surface area contributed by atoms with Crippen molar-refractivity contribution in [3.63, 3.8) is 0 Å². The summed E-state index contributed by atoms with van der Waals surface area (Å²) in [6, 6.07) is 8.47. The van der Waals surface area contributed by atoms with Crippen molar-refractivity contribution < 1.29 is 24.6 Å². The molecule has 6 heteroatoms. The molecule has 33 heavy (non-hydrogen) atoms. The van der Waals surface area contributed by atoms with Crippen LogP contribution in [-0.2, 0) is 9.59 Å². The highest BCUT2D eigenvalue weighted by Crippen LogP contribution is 2.66. The third kappa shape index (κ3) is 3.11. The monoisotopic (exact) mass is 449 g/mol. The van der Waals surface area contributed by atoms with Crippen molar-refractivity contribution in [3.05, 3.63) is 59.7 Å². The Labute approximate surface area is 193 Å². The highest BCUT2D eigenvalue weighted by atomic mass is 16.3. The predicted molar refractivity (Wildman–Crippen MR) is 122 cm³/mol. The van der Waals surface area contributed by atoms with E-state index in [1.54, 1.807) is 42.5 Å². The Morgan fingerprint density at radius 2 is 1.85 bits per heavy atom. The minimum Gasteiger partial charge on any atom is -0.393 e. The summed E-state index contributed by atoms with van der Waals surface area (Å²) in [5, 5.41) is 25.5. The van der Waals surface area contributed by atoms with Gasteiger partial charge in [-0.3, -0.25) is 19.7 Å². The van der Waals surface area contributed by atoms with Crippen molar-refractivity contribution in [3.8, 4) is 0 Å². The number of hydrogen-bond acceptors (Lipinski definition) is 5. The summed E-state index contributed by atoms with van der Waals surface area (Å²) >= 11 is 0. The van der Waals surface area contributed by atoms with Gasteiger partial charge in [-0.1, -0.05) is 43.7 Å². The summed E-state index contributed by atoms with van der Waals surface area (Å²) in [4.78, 5) is 37.8. The summed E-state index contributed by atoms with van der Waals surface area (Å²) in [5.41, 5.74) is -1.55. The molecule has 0 bridgehead atoms. The number of amides is 2. The Morgan fingerprint density at radius 1 is 1.12 bits per heavy atom. The second kappa shape index (κ2) is 7.47. The first-order valence-electron chi connectivity index (χ1n) is 11.9. The minimum atomic E-state index is -1.73. The van der Waals surface area contributed by atoms with Crippen LogP contribution >= 0.6 is 0 Å². The third-order valence-corrected chi connectivity index (χ3v) is 9.29. The zero-order chi connectivity index (χ0) is 23.6. The molecule has 0 radical (unpaired) electrons. The molecule has 174 valence electrons. The number of carbonyl (C=O) groups is 3. The zero-order valence-electron chi connectivity index (χ0n) is 19.1. The molecule has 6 unspecified atom stereocenters. The lowest BCUT2D eigenvalue weighted by Gasteiger charge is -2.59. The number of aliphatic hydroxyl groups is 2. The molecule has 4 aliphatic carbocycles. The van der Waals surface area contributed by atoms with Gasteiger partial charge in [-0.05, 0) is 68.2 Å². The second-order valence-electron chi connectivity index (χ2n) is 10.8. The lowest BCUT2D eigenvalue weighted by Crippen LogP contribution is -2.63. The number of hydrogen-bond donors (Lipinski definition) is 3. The number of rotatable bonds is 2. The Morgan fingerprint density at radius 3 is 2.58 bits per heavy atom. The molecule has 2 amide bonds. The normalized spacial score (nSPS) is 41.5. The summed E-state index contributed by atoms with van der Waals surface area (Å²) in [5.74, 6) is -1.14. The number of carbonyl (C=O) groups excluding carboxylic acids is 3. The highest BCUT2D eigenvalue weighted by molar-refractivity contribution is 6.07. The van der Waals surface area contributed by atoms with Crippen LogP contribution in [0.1, 0.15) is 56.3 Å². The Kier molecular flexibility index (Phi) is 5.03. The molecule has 0 saturated heterocycles. The van der Waals surface area contributed by atoms with Crippen LogP contribution in [0.4, 0.5) is 0 Å². The number of imide groups is 1. The Balaban J connectivity index is 1.43. The van der Waals surface area contributed by atoms with E-state index in [2.05, 4.69) is 12.2 Å². The van der Waals surface area contributed by atoms with Crippen molar-refractivity contribution in [2.75, 3.05) is 0 Å². The predicted octanol–water partition coefficient (Wildman–Crippen LogP) is 2.95. The molecule has 0 aliphatic heterocycles. The van der Waals surface area contributed by atoms with E-state index >= 15 is 0 Å². The Bertz CT molecular complexity index is 1080. The average molecular weight is 450 g/mol. The molecule has 6 nitrogen and oxygen atoms in total. The second-order valence-corrected chi connectivity index (χ2v) is 10.8. The highest BCUT2D eigenvalue weighted by Gasteiger charge is 2.68. The quantitative estimate of drug-likeness (QED) is 0.603. The first-order valence-corrected chi connectivity index (χ1v) is 11.9. The fourth-order valence-electron chi connectivity index (χ4n) is 7.57. The molecular formula is C27H31NO5. The van der Waals surface area contributed by atoms with Gasteiger partial charge in [-0.15, -0.1) is 0 Å². The number of nitrogens with one attached hydrogen (secondary N) is 1. The number of fused-ring (bicyclic) bond motifs is 5. The molecule has 0 spiro atoms. The SMILES string of the molecule is CC12C=CC(=O)C=C1CCC1C2C(O)CC2(C)C1CC[C@]2(O)C(=O)NC(=O)c1ccccc1. The number of benzene rings is 1. The van der Waals surface area contributed by atoms with Crippen LogP contribution in [0.2, 0.25) is 0 Å². The van der Waals surface area contributed by atoms with Crippen LogP contribution in [0.25, 0.3) is 0 Å². The van der Waals surface area contributed by atoms with Crippen LogP contribution in [0, 0.1) is 28.6 Å². The van der Waals surface area contributed by atoms with E-state index in [-0.39, 0.29) is 36.4 Å². The summed E-state index contributed by atoms with van der Waals surface area (Å²) in [6.07, 6.45) is 7.29. The van der Waals surface area contributed by atoms with Crippen molar-refractivity contribution in [2.24, 2.45) is 28.6 Å². The van der Waals surface area contributed by atoms with Crippen molar-refractivity contribution in [2.45, 2.75) is 57.7 Å². The van der Waals surface area contributed by atoms with Crippen LogP contribution < -0.4 is 5.32 Å². The minimum absolute atomic E-state index is 0.00828. The van der Waals surface area contributed by atoms with Gasteiger partial charge in [0.1, 0.15) is 5.60 Å². The maximum absolute atomic E-state index is 13.3. The topological polar surface area (TPSA) is 104 Å². The van der Waals surface area contributed by atoms with Crippen LogP contribution in [0.3, 0.4) is 0 Å². The average Bonchev–Trinajstić information content (AvgIpc) is 3.06. The number of ketones is 1. The fraction of sp³-hybridized carbons (Fsp3) is 0.519. The van der Waals surface area contributed by atoms with Gasteiger partial charge in [0.15, 0.2) is 5.78 Å². The van der Waals surface area contributed by atoms with Gasteiger partial charge in [0.05, 0.1) is 6.10 Å². The molecule has 0 aromatic heterocycles. The molecule has 1 aromatic rings. The van der Waals surface area contributed by atoms with Gasteiger partial charge >= 0.3 is 0 Å². The van der Waals surface area contributed by atoms with Crippen LogP contribution in [-0.4, -0.2) is 39.5 Å². The van der Waals surface area contributed by atoms with Gasteiger partial charge in [0.2, 0.25) is 0 Å². The Hall–Kier alpha value is -2.57. The molecule has 7 atom stereocenters. The van der Waals surface area contributed by atoms with E-state index in [1.807, 2.05) is 13.0 Å². The number of allylic oxidation sites excluding steroid dienone is 4. The lowest BCUT2D eigenvalue weighted by molar-refractivity contribution is -0.177. The smallest absolute Gasteiger partial charge is 0.259 e. The first kappa shape index (κ1) is 22.2. The maximum atomic E-state index is 13.3. The maximum Gasteiger partial charge on any atom is 0.259 e. The van der Waals surface area contributed by atoms with Crippen LogP contribution in [0.5, 0.6) is 0 Å². The third-order valence-electron chi connectivity index (χ3n) is 9.29. The van der Waals surface area contributed by atoms with Crippen molar-refractivity contribution in [1.29, 1.82) is 0 Å². The fourth-order valence-corrected chi connectivity index (χ4v) is 7.57. The van der Waals surface area contributed by atoms with E-state index in [4.69, 9.17) is 0 Å². The zero-order valence-corrected chi connectivity index (χ0v) is 19.1. The largest absolute Gasteiger partial charge is 0.393 e. The van der Waals surface area contributed by atoms with E-state index in [0.29, 0.717) is 12.0 Å². The number of aliphatic hydroxyl groups excluding tert-OH is 1. The van der Waals surface area contributed by atoms with Crippen molar-refractivity contribution in [1.82, 2.24) is 5.32 Å². The van der Waals surface area contributed by atoms with Crippen molar-refractivity contribution >= 4 is 17.6 Å². The molecular weight excluding hydrogens is 418 g/mol. The molecule has 0 heterocycles. The summed E-state index contributed by atoms with van der Waals surface area (Å²) < 4.78 is 0. The standard InChI is InChI=1S/C27H31NO5/c1-25-12-10-18(29)14-17(25)8-9-19-20-11-13-27(33,26(20,2)15-21(30)22(19)25)24(32)28-23(31)16-6-4-3-5-7-16/h3-7,10,12,14,19-22,30,33H,8-9,11,13,15H2,1-2H3,(H,28,31,32)/t19?,20?,21?,22?,25?,26?,27-/m0/s1. The molecule has 3 fully saturated rings. The van der Waals surface area contributed by atoms with Gasteiger partial charge < -0.3 is 10.2 Å².